The van der Waals surface area contributed by atoms with Gasteiger partial charge in [0.05, 0.1) is 11.7 Å². The molecule has 5 nitrogen and oxygen atoms in total. The fourth-order valence-electron chi connectivity index (χ4n) is 1.50. The summed E-state index contributed by atoms with van der Waals surface area (Å²) in [4.78, 5) is 15.7. The number of amides is 1. The van der Waals surface area contributed by atoms with Crippen LogP contribution in [0.2, 0.25) is 0 Å². The molecular weight excluding hydrogens is 236 g/mol. The Morgan fingerprint density at radius 3 is 3.06 bits per heavy atom. The van der Waals surface area contributed by atoms with Crippen molar-refractivity contribution in [3.63, 3.8) is 0 Å². The molecule has 1 amide bonds. The van der Waals surface area contributed by atoms with E-state index in [1.165, 1.54) is 11.3 Å². The Morgan fingerprint density at radius 1 is 1.65 bits per heavy atom. The van der Waals surface area contributed by atoms with Crippen molar-refractivity contribution in [2.24, 2.45) is 0 Å². The summed E-state index contributed by atoms with van der Waals surface area (Å²) in [6, 6.07) is 1.97. The van der Waals surface area contributed by atoms with Crippen molar-refractivity contribution in [2.45, 2.75) is 26.3 Å². The third-order valence-electron chi connectivity index (χ3n) is 2.35. The molecular formula is C11H14N4OS. The number of carbonyl (C=O) groups is 1. The minimum absolute atomic E-state index is 0.0411. The van der Waals surface area contributed by atoms with Crippen LogP contribution in [0.1, 0.15) is 25.1 Å². The van der Waals surface area contributed by atoms with Gasteiger partial charge in [0.15, 0.2) is 5.13 Å². The van der Waals surface area contributed by atoms with Gasteiger partial charge in [-0.25, -0.2) is 4.98 Å². The predicted molar refractivity (Wildman–Crippen MR) is 67.0 cm³/mol. The highest BCUT2D eigenvalue weighted by Gasteiger charge is 2.12. The lowest BCUT2D eigenvalue weighted by Gasteiger charge is -2.11. The maximum absolute atomic E-state index is 11.7. The first-order valence-electron chi connectivity index (χ1n) is 5.36. The average Bonchev–Trinajstić information content (AvgIpc) is 2.89. The number of carbonyl (C=O) groups excluding carboxylic acids is 1. The molecule has 6 heteroatoms. The maximum atomic E-state index is 11.7. The minimum Gasteiger partial charge on any atom is -0.302 e. The first-order chi connectivity index (χ1) is 8.15. The average molecular weight is 250 g/mol. The van der Waals surface area contributed by atoms with Crippen LogP contribution in [0.4, 0.5) is 5.13 Å². The number of rotatable bonds is 4. The van der Waals surface area contributed by atoms with Gasteiger partial charge >= 0.3 is 0 Å². The Balaban J connectivity index is 1.90. The van der Waals surface area contributed by atoms with E-state index in [1.54, 1.807) is 10.9 Å². The Morgan fingerprint density at radius 2 is 2.47 bits per heavy atom. The zero-order valence-electron chi connectivity index (χ0n) is 9.75. The molecule has 0 bridgehead atoms. The number of nitrogens with one attached hydrogen (secondary N) is 1. The van der Waals surface area contributed by atoms with Gasteiger partial charge in [-0.15, -0.1) is 11.3 Å². The van der Waals surface area contributed by atoms with Crippen LogP contribution in [0.15, 0.2) is 23.8 Å². The van der Waals surface area contributed by atoms with Gasteiger partial charge in [-0.05, 0) is 19.9 Å². The molecule has 2 aromatic heterocycles. The summed E-state index contributed by atoms with van der Waals surface area (Å²) in [6.07, 6.45) is 3.94. The maximum Gasteiger partial charge on any atom is 0.228 e. The van der Waals surface area contributed by atoms with E-state index in [1.807, 2.05) is 31.5 Å². The van der Waals surface area contributed by atoms with Gasteiger partial charge in [-0.3, -0.25) is 9.48 Å². The van der Waals surface area contributed by atoms with Gasteiger partial charge in [0.1, 0.15) is 0 Å². The summed E-state index contributed by atoms with van der Waals surface area (Å²) < 4.78 is 1.80. The molecule has 0 fully saturated rings. The molecule has 0 unspecified atom stereocenters. The number of hydrogen-bond donors (Lipinski definition) is 1. The standard InChI is InChI=1S/C11H14N4OS/c1-8-3-5-15(14-8)9(2)7-10(16)13-11-12-4-6-17-11/h3-6,9H,7H2,1-2H3,(H,12,13,16)/t9-/m0/s1. The summed E-state index contributed by atoms with van der Waals surface area (Å²) >= 11 is 1.41. The largest absolute Gasteiger partial charge is 0.302 e. The first kappa shape index (κ1) is 11.8. The molecule has 0 aliphatic carbocycles. The summed E-state index contributed by atoms with van der Waals surface area (Å²) in [5.74, 6) is -0.0411. The number of aryl methyl sites for hydroxylation is 1. The van der Waals surface area contributed by atoms with E-state index in [9.17, 15) is 4.79 Å². The van der Waals surface area contributed by atoms with E-state index >= 15 is 0 Å². The molecule has 0 spiro atoms. The molecule has 0 aromatic carbocycles. The van der Waals surface area contributed by atoms with Crippen molar-refractivity contribution in [3.05, 3.63) is 29.5 Å². The van der Waals surface area contributed by atoms with Crippen LogP contribution in [-0.4, -0.2) is 20.7 Å². The van der Waals surface area contributed by atoms with Crippen molar-refractivity contribution in [2.75, 3.05) is 5.32 Å². The van der Waals surface area contributed by atoms with Gasteiger partial charge in [-0.1, -0.05) is 0 Å². The number of aromatic nitrogens is 3. The van der Waals surface area contributed by atoms with Crippen LogP contribution >= 0.6 is 11.3 Å². The van der Waals surface area contributed by atoms with E-state index < -0.39 is 0 Å². The highest BCUT2D eigenvalue weighted by Crippen LogP contribution is 2.14. The molecule has 90 valence electrons. The van der Waals surface area contributed by atoms with Gasteiger partial charge in [-0.2, -0.15) is 5.10 Å². The van der Waals surface area contributed by atoms with Crippen molar-refractivity contribution in [1.82, 2.24) is 14.8 Å². The smallest absolute Gasteiger partial charge is 0.228 e. The first-order valence-corrected chi connectivity index (χ1v) is 6.24. The third kappa shape index (κ3) is 3.13. The predicted octanol–water partition coefficient (Wildman–Crippen LogP) is 2.24. The monoisotopic (exact) mass is 250 g/mol. The quantitative estimate of drug-likeness (QED) is 0.905. The fourth-order valence-corrected chi connectivity index (χ4v) is 2.04. The Kier molecular flexibility index (Phi) is 3.53. The molecule has 0 aliphatic heterocycles. The second-order valence-electron chi connectivity index (χ2n) is 3.88. The van der Waals surface area contributed by atoms with Gasteiger partial charge < -0.3 is 5.32 Å². The van der Waals surface area contributed by atoms with Crippen LogP contribution in [0, 0.1) is 6.92 Å². The van der Waals surface area contributed by atoms with E-state index in [-0.39, 0.29) is 11.9 Å². The topological polar surface area (TPSA) is 59.8 Å². The van der Waals surface area contributed by atoms with Gasteiger partial charge in [0.2, 0.25) is 5.91 Å². The van der Waals surface area contributed by atoms with Crippen molar-refractivity contribution >= 4 is 22.4 Å². The Bertz CT molecular complexity index is 491. The number of anilines is 1. The normalized spacial score (nSPS) is 12.4. The number of thiazole rings is 1. The highest BCUT2D eigenvalue weighted by molar-refractivity contribution is 7.13. The lowest BCUT2D eigenvalue weighted by atomic mass is 10.2. The molecule has 1 N–H and O–H groups in total. The Hall–Kier alpha value is -1.69. The SMILES string of the molecule is Cc1ccn([C@@H](C)CC(=O)Nc2nccs2)n1. The lowest BCUT2D eigenvalue weighted by molar-refractivity contribution is -0.116. The van der Waals surface area contributed by atoms with E-state index in [2.05, 4.69) is 15.4 Å². The molecule has 0 aliphatic rings. The third-order valence-corrected chi connectivity index (χ3v) is 3.04. The highest BCUT2D eigenvalue weighted by atomic mass is 32.1. The zero-order chi connectivity index (χ0) is 12.3. The molecule has 0 radical (unpaired) electrons. The van der Waals surface area contributed by atoms with Crippen LogP contribution in [0.3, 0.4) is 0 Å². The summed E-state index contributed by atoms with van der Waals surface area (Å²) in [5, 5.41) is 9.51. The number of nitrogens with zero attached hydrogens (tertiary/aromatic N) is 3. The van der Waals surface area contributed by atoms with E-state index in [0.29, 0.717) is 11.6 Å². The van der Waals surface area contributed by atoms with E-state index in [0.717, 1.165) is 5.69 Å². The van der Waals surface area contributed by atoms with Crippen molar-refractivity contribution < 1.29 is 4.79 Å². The fraction of sp³-hybridized carbons (Fsp3) is 0.364. The van der Waals surface area contributed by atoms with Crippen LogP contribution in [-0.2, 0) is 4.79 Å². The zero-order valence-corrected chi connectivity index (χ0v) is 10.6. The van der Waals surface area contributed by atoms with Crippen molar-refractivity contribution in [3.8, 4) is 0 Å². The second-order valence-corrected chi connectivity index (χ2v) is 4.77. The molecule has 2 aromatic rings. The minimum atomic E-state index is -0.0411. The summed E-state index contributed by atoms with van der Waals surface area (Å²) in [6.45, 7) is 3.90. The van der Waals surface area contributed by atoms with Crippen molar-refractivity contribution in [1.29, 1.82) is 0 Å². The molecule has 0 saturated heterocycles. The Labute approximate surface area is 103 Å². The van der Waals surface area contributed by atoms with E-state index in [4.69, 9.17) is 0 Å². The summed E-state index contributed by atoms with van der Waals surface area (Å²) in [5.41, 5.74) is 0.956. The molecule has 2 heterocycles. The van der Waals surface area contributed by atoms with Gasteiger partial charge in [0.25, 0.3) is 0 Å². The van der Waals surface area contributed by atoms with Crippen LogP contribution in [0.5, 0.6) is 0 Å². The summed E-state index contributed by atoms with van der Waals surface area (Å²) in [7, 11) is 0. The molecule has 17 heavy (non-hydrogen) atoms. The second kappa shape index (κ2) is 5.09. The lowest BCUT2D eigenvalue weighted by Crippen LogP contribution is -2.17. The molecule has 0 saturated carbocycles. The van der Waals surface area contributed by atoms with Crippen LogP contribution < -0.4 is 5.32 Å². The molecule has 2 rings (SSSR count). The molecule has 1 atom stereocenters. The number of hydrogen-bond acceptors (Lipinski definition) is 4. The van der Waals surface area contributed by atoms with Crippen LogP contribution in [0.25, 0.3) is 0 Å². The van der Waals surface area contributed by atoms with Gasteiger partial charge in [0, 0.05) is 24.2 Å².